The Kier molecular flexibility index (Phi) is 4.96. The molecule has 2 heterocycles. The van der Waals surface area contributed by atoms with E-state index in [-0.39, 0.29) is 38.7 Å². The van der Waals surface area contributed by atoms with Crippen molar-refractivity contribution in [2.75, 3.05) is 18.4 Å². The van der Waals surface area contributed by atoms with Gasteiger partial charge in [0, 0.05) is 19.2 Å². The molecule has 2 aromatic carbocycles. The Morgan fingerprint density at radius 2 is 2.00 bits per heavy atom. The van der Waals surface area contributed by atoms with Crippen molar-refractivity contribution in [3.8, 4) is 0 Å². The van der Waals surface area contributed by atoms with Crippen molar-refractivity contribution < 1.29 is 13.2 Å². The van der Waals surface area contributed by atoms with Crippen molar-refractivity contribution in [1.29, 1.82) is 0 Å². The normalized spacial score (nSPS) is 19.1. The van der Waals surface area contributed by atoms with Crippen LogP contribution in [0.1, 0.15) is 12.0 Å². The van der Waals surface area contributed by atoms with Crippen LogP contribution in [0.25, 0.3) is 10.9 Å². The molecule has 0 radical (unpaired) electrons. The van der Waals surface area contributed by atoms with Gasteiger partial charge in [0.15, 0.2) is 11.6 Å². The van der Waals surface area contributed by atoms with Gasteiger partial charge in [-0.15, -0.1) is 0 Å². The molecule has 152 valence electrons. The largest absolute Gasteiger partial charge is 0.372 e. The van der Waals surface area contributed by atoms with E-state index in [1.54, 1.807) is 0 Å². The molecule has 1 atom stereocenters. The Hall–Kier alpha value is -2.29. The summed E-state index contributed by atoms with van der Waals surface area (Å²) < 4.78 is 45.3. The maximum atomic E-state index is 14.8. The Morgan fingerprint density at radius 3 is 2.69 bits per heavy atom. The lowest BCUT2D eigenvalue weighted by molar-refractivity contribution is 0.481. The van der Waals surface area contributed by atoms with E-state index in [1.165, 1.54) is 25.2 Å². The van der Waals surface area contributed by atoms with E-state index in [1.807, 2.05) is 0 Å². The second kappa shape index (κ2) is 7.19. The molecule has 3 aromatic rings. The highest BCUT2D eigenvalue weighted by atomic mass is 35.5. The van der Waals surface area contributed by atoms with Crippen molar-refractivity contribution in [2.45, 2.75) is 12.0 Å². The van der Waals surface area contributed by atoms with Crippen molar-refractivity contribution >= 4 is 39.8 Å². The topological polar surface area (TPSA) is 59.0 Å². The fourth-order valence-corrected chi connectivity index (χ4v) is 4.17. The molecule has 1 aliphatic heterocycles. The second-order valence-electron chi connectivity index (χ2n) is 6.96. The molecule has 5 nitrogen and oxygen atoms in total. The molecule has 10 heteroatoms. The van der Waals surface area contributed by atoms with Crippen LogP contribution in [0.15, 0.2) is 29.3 Å². The van der Waals surface area contributed by atoms with E-state index in [4.69, 9.17) is 23.2 Å². The molecule has 0 amide bonds. The van der Waals surface area contributed by atoms with Gasteiger partial charge in [0.25, 0.3) is 5.56 Å². The van der Waals surface area contributed by atoms with Crippen LogP contribution in [0.3, 0.4) is 0 Å². The number of halogens is 5. The van der Waals surface area contributed by atoms with Gasteiger partial charge in [-0.05, 0) is 31.2 Å². The summed E-state index contributed by atoms with van der Waals surface area (Å²) in [5, 5.41) is 5.99. The summed E-state index contributed by atoms with van der Waals surface area (Å²) in [6, 6.07) is 3.67. The minimum atomic E-state index is -1.26. The van der Waals surface area contributed by atoms with Gasteiger partial charge >= 0.3 is 0 Å². The number of hydrogen-bond acceptors (Lipinski definition) is 4. The molecule has 0 bridgehead atoms. The zero-order valence-electron chi connectivity index (χ0n) is 15.1. The van der Waals surface area contributed by atoms with Gasteiger partial charge in [0.2, 0.25) is 0 Å². The molecule has 0 unspecified atom stereocenters. The van der Waals surface area contributed by atoms with Crippen LogP contribution >= 0.6 is 23.2 Å². The molecule has 2 N–H and O–H groups in total. The van der Waals surface area contributed by atoms with Crippen LogP contribution in [0.5, 0.6) is 0 Å². The predicted molar refractivity (Wildman–Crippen MR) is 106 cm³/mol. The monoisotopic (exact) mass is 442 g/mol. The van der Waals surface area contributed by atoms with E-state index < -0.39 is 28.5 Å². The van der Waals surface area contributed by atoms with Crippen LogP contribution in [0.2, 0.25) is 10.0 Å². The fraction of sp³-hybridized carbons (Fsp3) is 0.263. The molecule has 0 spiro atoms. The lowest BCUT2D eigenvalue weighted by atomic mass is 9.87. The lowest BCUT2D eigenvalue weighted by Gasteiger charge is -2.33. The van der Waals surface area contributed by atoms with E-state index in [2.05, 4.69) is 15.6 Å². The third kappa shape index (κ3) is 3.15. The zero-order valence-corrected chi connectivity index (χ0v) is 16.6. The van der Waals surface area contributed by atoms with E-state index in [0.29, 0.717) is 13.0 Å². The summed E-state index contributed by atoms with van der Waals surface area (Å²) in [6.07, 6.45) is 1.44. The Labute approximate surface area is 173 Å². The Balaban J connectivity index is 1.93. The molecular formula is C19H15Cl2F3N4O. The minimum Gasteiger partial charge on any atom is -0.372 e. The molecular weight excluding hydrogens is 428 g/mol. The number of benzene rings is 2. The van der Waals surface area contributed by atoms with E-state index in [9.17, 15) is 18.0 Å². The maximum Gasteiger partial charge on any atom is 0.261 e. The van der Waals surface area contributed by atoms with Gasteiger partial charge in [-0.2, -0.15) is 0 Å². The Bertz CT molecular complexity index is 1190. The molecule has 1 fully saturated rings. The van der Waals surface area contributed by atoms with E-state index in [0.717, 1.165) is 10.9 Å². The highest BCUT2D eigenvalue weighted by Gasteiger charge is 2.41. The highest BCUT2D eigenvalue weighted by molar-refractivity contribution is 6.42. The third-order valence-corrected chi connectivity index (χ3v) is 5.95. The molecule has 1 aromatic heterocycles. The van der Waals surface area contributed by atoms with Crippen molar-refractivity contribution in [2.24, 2.45) is 7.05 Å². The van der Waals surface area contributed by atoms with Gasteiger partial charge in [-0.3, -0.25) is 4.79 Å². The van der Waals surface area contributed by atoms with Crippen molar-refractivity contribution in [1.82, 2.24) is 14.9 Å². The molecule has 0 saturated carbocycles. The van der Waals surface area contributed by atoms with Gasteiger partial charge in [-0.25, -0.2) is 18.2 Å². The lowest BCUT2D eigenvalue weighted by Crippen LogP contribution is -2.39. The van der Waals surface area contributed by atoms with Crippen molar-refractivity contribution in [3.05, 3.63) is 67.9 Å². The molecule has 1 saturated heterocycles. The molecule has 4 rings (SSSR count). The number of nitrogens with one attached hydrogen (secondary N) is 2. The third-order valence-electron chi connectivity index (χ3n) is 5.14. The number of nitrogens with zero attached hydrogens (tertiary/aromatic N) is 2. The van der Waals surface area contributed by atoms with Gasteiger partial charge in [0.05, 0.1) is 33.0 Å². The number of fused-ring (bicyclic) bond motifs is 1. The minimum absolute atomic E-state index is 0.0119. The quantitative estimate of drug-likeness (QED) is 0.602. The van der Waals surface area contributed by atoms with Crippen LogP contribution in [0, 0.1) is 17.5 Å². The second-order valence-corrected chi connectivity index (χ2v) is 7.75. The smallest absolute Gasteiger partial charge is 0.261 e. The SMILES string of the molecule is Cn1cnc2c(F)c(F)c(N[C@]3(c4c(F)ccc(Cl)c4Cl)CCNC3)cc2c1=O. The molecule has 0 aliphatic carbocycles. The van der Waals surface area contributed by atoms with Gasteiger partial charge in [-0.1, -0.05) is 23.2 Å². The number of rotatable bonds is 3. The average molecular weight is 443 g/mol. The summed E-state index contributed by atoms with van der Waals surface area (Å²) >= 11 is 12.3. The van der Waals surface area contributed by atoms with Crippen molar-refractivity contribution in [3.63, 3.8) is 0 Å². The predicted octanol–water partition coefficient (Wildman–Crippen LogP) is 3.96. The maximum absolute atomic E-state index is 14.8. The van der Waals surface area contributed by atoms with Gasteiger partial charge in [0.1, 0.15) is 11.3 Å². The summed E-state index contributed by atoms with van der Waals surface area (Å²) in [7, 11) is 1.45. The molecule has 1 aliphatic rings. The first kappa shape index (κ1) is 20.0. The summed E-state index contributed by atoms with van der Waals surface area (Å²) in [4.78, 5) is 16.2. The van der Waals surface area contributed by atoms with Crippen LogP contribution in [0.4, 0.5) is 18.9 Å². The van der Waals surface area contributed by atoms with E-state index >= 15 is 0 Å². The van der Waals surface area contributed by atoms with Crippen LogP contribution < -0.4 is 16.2 Å². The average Bonchev–Trinajstić information content (AvgIpc) is 3.15. The molecule has 29 heavy (non-hydrogen) atoms. The fourth-order valence-electron chi connectivity index (χ4n) is 3.68. The number of aryl methyl sites for hydroxylation is 1. The number of aromatic nitrogens is 2. The van der Waals surface area contributed by atoms with Crippen LogP contribution in [-0.4, -0.2) is 22.6 Å². The highest BCUT2D eigenvalue weighted by Crippen LogP contribution is 2.41. The summed E-state index contributed by atoms with van der Waals surface area (Å²) in [5.41, 5.74) is -2.35. The summed E-state index contributed by atoms with van der Waals surface area (Å²) in [6.45, 7) is 0.671. The number of anilines is 1. The first-order valence-electron chi connectivity index (χ1n) is 8.71. The summed E-state index contributed by atoms with van der Waals surface area (Å²) in [5.74, 6) is -3.11. The zero-order chi connectivity index (χ0) is 20.9. The first-order chi connectivity index (χ1) is 13.7. The standard InChI is InChI=1S/C19H15Cl2F3N4O/c1-28-8-26-17-9(18(28)29)6-12(15(23)16(17)24)27-19(4-5-25-7-19)13-11(22)3-2-10(20)14(13)21/h2-3,6,8,25,27H,4-5,7H2,1H3/t19-/m1/s1. The van der Waals surface area contributed by atoms with Gasteiger partial charge < -0.3 is 15.2 Å². The van der Waals surface area contributed by atoms with Crippen LogP contribution in [-0.2, 0) is 12.6 Å². The number of hydrogen-bond donors (Lipinski definition) is 2. The first-order valence-corrected chi connectivity index (χ1v) is 9.47. The Morgan fingerprint density at radius 1 is 1.24 bits per heavy atom.